The lowest BCUT2D eigenvalue weighted by molar-refractivity contribution is -0.137. The van der Waals surface area contributed by atoms with Crippen molar-refractivity contribution < 1.29 is 13.2 Å². The molecule has 1 atom stereocenters. The summed E-state index contributed by atoms with van der Waals surface area (Å²) in [6.07, 6.45) is -2.15. The van der Waals surface area contributed by atoms with E-state index in [0.29, 0.717) is 12.0 Å². The van der Waals surface area contributed by atoms with Crippen molar-refractivity contribution in [3.05, 3.63) is 42.0 Å². The normalized spacial score (nSPS) is 15.2. The molecule has 0 saturated heterocycles. The molecule has 5 heteroatoms. The molecule has 2 nitrogen and oxygen atoms in total. The van der Waals surface area contributed by atoms with E-state index in [2.05, 4.69) is 6.58 Å². The highest BCUT2D eigenvalue weighted by Gasteiger charge is 2.33. The van der Waals surface area contributed by atoms with Crippen molar-refractivity contribution in [1.29, 1.82) is 0 Å². The molecule has 0 aliphatic rings. The molecule has 0 amide bonds. The van der Waals surface area contributed by atoms with Gasteiger partial charge in [-0.2, -0.15) is 13.2 Å². The van der Waals surface area contributed by atoms with E-state index in [4.69, 9.17) is 11.5 Å². The van der Waals surface area contributed by atoms with E-state index in [1.54, 1.807) is 6.08 Å². The van der Waals surface area contributed by atoms with Crippen molar-refractivity contribution in [3.8, 4) is 0 Å². The molecular formula is C13H17F3N2. The number of benzene rings is 1. The summed E-state index contributed by atoms with van der Waals surface area (Å²) in [4.78, 5) is 0. The van der Waals surface area contributed by atoms with Crippen molar-refractivity contribution in [1.82, 2.24) is 0 Å². The Bertz CT molecular complexity index is 440. The van der Waals surface area contributed by atoms with Crippen LogP contribution in [0.15, 0.2) is 30.9 Å². The van der Waals surface area contributed by atoms with Gasteiger partial charge in [0.2, 0.25) is 0 Å². The number of nitrogens with two attached hydrogens (primary N) is 2. The Morgan fingerprint density at radius 2 is 1.94 bits per heavy atom. The highest BCUT2D eigenvalue weighted by atomic mass is 19.4. The van der Waals surface area contributed by atoms with E-state index < -0.39 is 17.2 Å². The maximum atomic E-state index is 12.5. The Morgan fingerprint density at radius 3 is 2.33 bits per heavy atom. The van der Waals surface area contributed by atoms with E-state index >= 15 is 0 Å². The number of hydrogen-bond acceptors (Lipinski definition) is 2. The van der Waals surface area contributed by atoms with Gasteiger partial charge in [0.25, 0.3) is 0 Å². The van der Waals surface area contributed by atoms with Crippen LogP contribution in [0.25, 0.3) is 0 Å². The molecule has 0 aliphatic carbocycles. The molecule has 0 saturated carbocycles. The van der Waals surface area contributed by atoms with Gasteiger partial charge in [-0.05, 0) is 24.1 Å². The number of nitrogen functional groups attached to an aromatic ring is 1. The van der Waals surface area contributed by atoms with Crippen molar-refractivity contribution in [3.63, 3.8) is 0 Å². The number of hydrogen-bond donors (Lipinski definition) is 2. The predicted molar refractivity (Wildman–Crippen MR) is 67.1 cm³/mol. The van der Waals surface area contributed by atoms with Crippen LogP contribution < -0.4 is 11.5 Å². The average Bonchev–Trinajstić information content (AvgIpc) is 2.27. The van der Waals surface area contributed by atoms with Crippen LogP contribution in [0, 0.1) is 0 Å². The summed E-state index contributed by atoms with van der Waals surface area (Å²) < 4.78 is 37.6. The molecule has 1 aromatic carbocycles. The number of alkyl halides is 3. The molecule has 100 valence electrons. The summed E-state index contributed by atoms with van der Waals surface area (Å²) in [6, 6.07) is 3.38. The maximum absolute atomic E-state index is 12.5. The third-order valence-electron chi connectivity index (χ3n) is 3.07. The van der Waals surface area contributed by atoms with E-state index in [1.807, 2.05) is 6.92 Å². The van der Waals surface area contributed by atoms with Gasteiger partial charge >= 0.3 is 6.18 Å². The zero-order valence-corrected chi connectivity index (χ0v) is 10.2. The smallest absolute Gasteiger partial charge is 0.398 e. The molecule has 0 radical (unpaired) electrons. The average molecular weight is 258 g/mol. The second-order valence-corrected chi connectivity index (χ2v) is 4.56. The van der Waals surface area contributed by atoms with Crippen LogP contribution in [0.5, 0.6) is 0 Å². The molecule has 1 aromatic rings. The van der Waals surface area contributed by atoms with Crippen LogP contribution in [0.3, 0.4) is 0 Å². The minimum atomic E-state index is -4.38. The standard InChI is InChI=1S/C13H17F3N2/c1-3-6-12(2,8-17)10-5-4-9(7-11(10)18)13(14,15)16/h3-5,7H,1,6,8,17-18H2,2H3. The molecule has 0 heterocycles. The zero-order chi connectivity index (χ0) is 14.0. The van der Waals surface area contributed by atoms with Gasteiger partial charge in [-0.3, -0.25) is 0 Å². The van der Waals surface area contributed by atoms with Gasteiger partial charge in [0.15, 0.2) is 0 Å². The second-order valence-electron chi connectivity index (χ2n) is 4.56. The zero-order valence-electron chi connectivity index (χ0n) is 10.2. The summed E-state index contributed by atoms with van der Waals surface area (Å²) in [6.45, 7) is 5.77. The van der Waals surface area contributed by atoms with Crippen LogP contribution in [0.1, 0.15) is 24.5 Å². The monoisotopic (exact) mass is 258 g/mol. The quantitative estimate of drug-likeness (QED) is 0.644. The van der Waals surface area contributed by atoms with Crippen LogP contribution in [-0.4, -0.2) is 6.54 Å². The number of allylic oxidation sites excluding steroid dienone is 1. The lowest BCUT2D eigenvalue weighted by Crippen LogP contribution is -2.32. The third kappa shape index (κ3) is 2.85. The maximum Gasteiger partial charge on any atom is 0.416 e. The fraction of sp³-hybridized carbons (Fsp3) is 0.385. The molecule has 0 fully saturated rings. The molecule has 1 unspecified atom stereocenters. The topological polar surface area (TPSA) is 52.0 Å². The molecule has 0 bridgehead atoms. The molecule has 0 aromatic heterocycles. The van der Waals surface area contributed by atoms with Gasteiger partial charge in [-0.25, -0.2) is 0 Å². The Labute approximate surface area is 104 Å². The van der Waals surface area contributed by atoms with Crippen LogP contribution in [-0.2, 0) is 11.6 Å². The second kappa shape index (κ2) is 5.02. The van der Waals surface area contributed by atoms with Gasteiger partial charge in [0.1, 0.15) is 0 Å². The predicted octanol–water partition coefficient (Wildman–Crippen LogP) is 3.08. The lowest BCUT2D eigenvalue weighted by Gasteiger charge is -2.29. The van der Waals surface area contributed by atoms with E-state index in [0.717, 1.165) is 12.1 Å². The van der Waals surface area contributed by atoms with Gasteiger partial charge < -0.3 is 11.5 Å². The van der Waals surface area contributed by atoms with Gasteiger partial charge in [0, 0.05) is 17.6 Å². The van der Waals surface area contributed by atoms with E-state index in [9.17, 15) is 13.2 Å². The Morgan fingerprint density at radius 1 is 1.33 bits per heavy atom. The first-order valence-corrected chi connectivity index (χ1v) is 5.53. The fourth-order valence-electron chi connectivity index (χ4n) is 1.91. The summed E-state index contributed by atoms with van der Waals surface area (Å²) in [5, 5.41) is 0. The molecule has 0 aliphatic heterocycles. The minimum Gasteiger partial charge on any atom is -0.398 e. The molecule has 4 N–H and O–H groups in total. The van der Waals surface area contributed by atoms with Crippen molar-refractivity contribution >= 4 is 5.69 Å². The Hall–Kier alpha value is -1.49. The highest BCUT2D eigenvalue weighted by Crippen LogP contribution is 2.36. The Balaban J connectivity index is 3.24. The first-order chi connectivity index (χ1) is 8.24. The first-order valence-electron chi connectivity index (χ1n) is 5.53. The molecule has 18 heavy (non-hydrogen) atoms. The first kappa shape index (κ1) is 14.6. The molecule has 0 spiro atoms. The van der Waals surface area contributed by atoms with E-state index in [1.165, 1.54) is 6.07 Å². The summed E-state index contributed by atoms with van der Waals surface area (Å²) in [5.41, 5.74) is 10.9. The van der Waals surface area contributed by atoms with Crippen LogP contribution in [0.4, 0.5) is 18.9 Å². The number of rotatable bonds is 4. The summed E-state index contributed by atoms with van der Waals surface area (Å²) in [5.74, 6) is 0. The van der Waals surface area contributed by atoms with Gasteiger partial charge in [-0.1, -0.05) is 19.1 Å². The Kier molecular flexibility index (Phi) is 4.06. The van der Waals surface area contributed by atoms with Crippen molar-refractivity contribution in [2.45, 2.75) is 24.9 Å². The van der Waals surface area contributed by atoms with Gasteiger partial charge in [-0.15, -0.1) is 6.58 Å². The van der Waals surface area contributed by atoms with E-state index in [-0.39, 0.29) is 12.2 Å². The summed E-state index contributed by atoms with van der Waals surface area (Å²) in [7, 11) is 0. The van der Waals surface area contributed by atoms with Gasteiger partial charge in [0.05, 0.1) is 5.56 Å². The number of anilines is 1. The fourth-order valence-corrected chi connectivity index (χ4v) is 1.91. The van der Waals surface area contributed by atoms with Crippen LogP contribution >= 0.6 is 0 Å². The largest absolute Gasteiger partial charge is 0.416 e. The lowest BCUT2D eigenvalue weighted by atomic mass is 9.78. The molecular weight excluding hydrogens is 241 g/mol. The minimum absolute atomic E-state index is 0.111. The molecule has 1 rings (SSSR count). The van der Waals surface area contributed by atoms with Crippen molar-refractivity contribution in [2.75, 3.05) is 12.3 Å². The highest BCUT2D eigenvalue weighted by molar-refractivity contribution is 5.53. The third-order valence-corrected chi connectivity index (χ3v) is 3.07. The van der Waals surface area contributed by atoms with Crippen LogP contribution in [0.2, 0.25) is 0 Å². The number of halogens is 3. The van der Waals surface area contributed by atoms with Crippen molar-refractivity contribution in [2.24, 2.45) is 5.73 Å². The summed E-state index contributed by atoms with van der Waals surface area (Å²) >= 11 is 0. The SMILES string of the molecule is C=CCC(C)(CN)c1ccc(C(F)(F)F)cc1N.